The van der Waals surface area contributed by atoms with Crippen LogP contribution in [0.4, 0.5) is 10.1 Å². The number of carbonyl (C=O) groups excluding carboxylic acids is 2. The number of halogens is 2. The number of carbonyl (C=O) groups is 2. The Balaban J connectivity index is 2.45. The van der Waals surface area contributed by atoms with Gasteiger partial charge >= 0.3 is 0 Å². The van der Waals surface area contributed by atoms with E-state index in [2.05, 4.69) is 5.32 Å². The molecule has 0 aliphatic rings. The second-order valence-corrected chi connectivity index (χ2v) is 10.0. The molecular weight excluding hydrogens is 469 g/mol. The minimum atomic E-state index is -3.91. The Labute approximate surface area is 199 Å². The lowest BCUT2D eigenvalue weighted by Gasteiger charge is -2.33. The molecule has 2 aromatic rings. The van der Waals surface area contributed by atoms with Crippen LogP contribution in [0.3, 0.4) is 0 Å². The topological polar surface area (TPSA) is 86.8 Å². The molecular formula is C23H29ClFN3O4S. The maximum absolute atomic E-state index is 13.6. The number of nitrogens with one attached hydrogen (secondary N) is 1. The van der Waals surface area contributed by atoms with E-state index in [1.54, 1.807) is 13.8 Å². The second-order valence-electron chi connectivity index (χ2n) is 7.70. The highest BCUT2D eigenvalue weighted by Crippen LogP contribution is 2.25. The van der Waals surface area contributed by atoms with Gasteiger partial charge in [-0.05, 0) is 44.0 Å². The number of anilines is 1. The highest BCUT2D eigenvalue weighted by molar-refractivity contribution is 7.92. The molecule has 0 bridgehead atoms. The molecule has 10 heteroatoms. The average molecular weight is 498 g/mol. The summed E-state index contributed by atoms with van der Waals surface area (Å²) in [5.74, 6) is -1.60. The second kappa shape index (κ2) is 11.5. The van der Waals surface area contributed by atoms with Crippen LogP contribution in [0, 0.1) is 12.7 Å². The number of benzene rings is 2. The molecule has 33 heavy (non-hydrogen) atoms. The SMILES string of the molecule is CCNC(=O)[C@@H](CC)N(Cc1cccc(C)c1)C(=O)CN(c1ccc(F)c(Cl)c1)S(C)(=O)=O. The number of sulfonamides is 1. The third-order valence-electron chi connectivity index (χ3n) is 5.04. The number of amides is 2. The van der Waals surface area contributed by atoms with Gasteiger partial charge in [0.15, 0.2) is 0 Å². The molecule has 2 rings (SSSR count). The molecule has 0 spiro atoms. The van der Waals surface area contributed by atoms with Gasteiger partial charge in [-0.1, -0.05) is 48.4 Å². The van der Waals surface area contributed by atoms with Crippen LogP contribution in [0.15, 0.2) is 42.5 Å². The van der Waals surface area contributed by atoms with Crippen LogP contribution in [-0.2, 0) is 26.2 Å². The van der Waals surface area contributed by atoms with Crippen molar-refractivity contribution in [2.75, 3.05) is 23.7 Å². The Hall–Kier alpha value is -2.65. The average Bonchev–Trinajstić information content (AvgIpc) is 2.73. The molecule has 7 nitrogen and oxygen atoms in total. The summed E-state index contributed by atoms with van der Waals surface area (Å²) in [7, 11) is -3.91. The van der Waals surface area contributed by atoms with E-state index in [0.717, 1.165) is 33.8 Å². The Morgan fingerprint density at radius 3 is 2.39 bits per heavy atom. The summed E-state index contributed by atoms with van der Waals surface area (Å²) in [6.45, 7) is 5.43. The number of likely N-dealkylation sites (N-methyl/N-ethyl adjacent to an activating group) is 1. The van der Waals surface area contributed by atoms with Crippen molar-refractivity contribution < 1.29 is 22.4 Å². The summed E-state index contributed by atoms with van der Waals surface area (Å²) in [5, 5.41) is 2.47. The van der Waals surface area contributed by atoms with Gasteiger partial charge in [0.1, 0.15) is 18.4 Å². The molecule has 0 radical (unpaired) electrons. The van der Waals surface area contributed by atoms with Crippen molar-refractivity contribution in [3.8, 4) is 0 Å². The first-order valence-corrected chi connectivity index (χ1v) is 12.8. The van der Waals surface area contributed by atoms with Crippen molar-refractivity contribution in [1.29, 1.82) is 0 Å². The van der Waals surface area contributed by atoms with Crippen LogP contribution >= 0.6 is 11.6 Å². The lowest BCUT2D eigenvalue weighted by Crippen LogP contribution is -2.52. The molecule has 0 saturated heterocycles. The van der Waals surface area contributed by atoms with Crippen LogP contribution in [0.1, 0.15) is 31.4 Å². The van der Waals surface area contributed by atoms with Crippen molar-refractivity contribution in [3.05, 3.63) is 64.4 Å². The minimum Gasteiger partial charge on any atom is -0.355 e. The largest absolute Gasteiger partial charge is 0.355 e. The zero-order valence-electron chi connectivity index (χ0n) is 19.1. The molecule has 0 saturated carbocycles. The third kappa shape index (κ3) is 7.17. The van der Waals surface area contributed by atoms with Crippen LogP contribution in [-0.4, -0.2) is 50.5 Å². The number of nitrogens with zero attached hydrogens (tertiary/aromatic N) is 2. The molecule has 0 aromatic heterocycles. The van der Waals surface area contributed by atoms with E-state index in [0.29, 0.717) is 13.0 Å². The van der Waals surface area contributed by atoms with Gasteiger partial charge in [-0.3, -0.25) is 13.9 Å². The van der Waals surface area contributed by atoms with E-state index >= 15 is 0 Å². The highest BCUT2D eigenvalue weighted by atomic mass is 35.5. The number of rotatable bonds is 10. The van der Waals surface area contributed by atoms with E-state index in [4.69, 9.17) is 11.6 Å². The highest BCUT2D eigenvalue weighted by Gasteiger charge is 2.31. The Morgan fingerprint density at radius 2 is 1.85 bits per heavy atom. The zero-order chi connectivity index (χ0) is 24.8. The van der Waals surface area contributed by atoms with Gasteiger partial charge in [-0.25, -0.2) is 12.8 Å². The molecule has 2 amide bonds. The van der Waals surface area contributed by atoms with Crippen LogP contribution in [0.2, 0.25) is 5.02 Å². The molecule has 0 unspecified atom stereocenters. The summed E-state index contributed by atoms with van der Waals surface area (Å²) < 4.78 is 39.5. The predicted molar refractivity (Wildman–Crippen MR) is 128 cm³/mol. The fraction of sp³-hybridized carbons (Fsp3) is 0.391. The van der Waals surface area contributed by atoms with Gasteiger partial charge in [0, 0.05) is 13.1 Å². The Bertz CT molecular complexity index is 1110. The van der Waals surface area contributed by atoms with E-state index < -0.39 is 34.3 Å². The van der Waals surface area contributed by atoms with Gasteiger partial charge in [0.2, 0.25) is 21.8 Å². The molecule has 0 fully saturated rings. The quantitative estimate of drug-likeness (QED) is 0.544. The standard InChI is InChI=1S/C23H29ClFN3O4S/c1-5-21(23(30)26-6-2)27(14-17-9-7-8-16(3)12-17)22(29)15-28(33(4,31)32)18-10-11-20(25)19(24)13-18/h7-13,21H,5-6,14-15H2,1-4H3,(H,26,30)/t21-/m1/s1. The smallest absolute Gasteiger partial charge is 0.244 e. The molecule has 0 aliphatic heterocycles. The van der Waals surface area contributed by atoms with E-state index in [-0.39, 0.29) is 23.2 Å². The van der Waals surface area contributed by atoms with E-state index in [9.17, 15) is 22.4 Å². The zero-order valence-corrected chi connectivity index (χ0v) is 20.7. The van der Waals surface area contributed by atoms with Gasteiger partial charge < -0.3 is 10.2 Å². The lowest BCUT2D eigenvalue weighted by atomic mass is 10.1. The molecule has 2 aromatic carbocycles. The molecule has 0 aliphatic carbocycles. The fourth-order valence-electron chi connectivity index (χ4n) is 3.47. The first kappa shape index (κ1) is 26.6. The summed E-state index contributed by atoms with van der Waals surface area (Å²) >= 11 is 5.83. The van der Waals surface area contributed by atoms with Gasteiger partial charge in [-0.2, -0.15) is 0 Å². The van der Waals surface area contributed by atoms with Crippen molar-refractivity contribution in [1.82, 2.24) is 10.2 Å². The van der Waals surface area contributed by atoms with E-state index in [1.165, 1.54) is 11.0 Å². The first-order valence-electron chi connectivity index (χ1n) is 10.5. The van der Waals surface area contributed by atoms with Crippen molar-refractivity contribution in [2.24, 2.45) is 0 Å². The van der Waals surface area contributed by atoms with E-state index in [1.807, 2.05) is 31.2 Å². The van der Waals surface area contributed by atoms with Crippen LogP contribution < -0.4 is 9.62 Å². The molecule has 180 valence electrons. The monoisotopic (exact) mass is 497 g/mol. The predicted octanol–water partition coefficient (Wildman–Crippen LogP) is 3.50. The van der Waals surface area contributed by atoms with Gasteiger partial charge in [0.25, 0.3) is 0 Å². The van der Waals surface area contributed by atoms with Gasteiger partial charge in [0.05, 0.1) is 17.0 Å². The number of hydrogen-bond donors (Lipinski definition) is 1. The normalized spacial score (nSPS) is 12.2. The molecule has 1 N–H and O–H groups in total. The maximum Gasteiger partial charge on any atom is 0.244 e. The molecule has 0 heterocycles. The van der Waals surface area contributed by atoms with Gasteiger partial charge in [-0.15, -0.1) is 0 Å². The number of hydrogen-bond acceptors (Lipinski definition) is 4. The summed E-state index contributed by atoms with van der Waals surface area (Å²) in [5.41, 5.74) is 1.85. The first-order chi connectivity index (χ1) is 15.5. The maximum atomic E-state index is 13.6. The van der Waals surface area contributed by atoms with Crippen LogP contribution in [0.25, 0.3) is 0 Å². The summed E-state index contributed by atoms with van der Waals surface area (Å²) in [6, 6.07) is 10.1. The third-order valence-corrected chi connectivity index (χ3v) is 6.47. The lowest BCUT2D eigenvalue weighted by molar-refractivity contribution is -0.140. The van der Waals surface area contributed by atoms with Crippen molar-refractivity contribution >= 4 is 39.1 Å². The minimum absolute atomic E-state index is 0.0545. The Morgan fingerprint density at radius 1 is 1.15 bits per heavy atom. The number of aryl methyl sites for hydroxylation is 1. The van der Waals surface area contributed by atoms with Crippen molar-refractivity contribution in [2.45, 2.75) is 39.8 Å². The fourth-order valence-corrected chi connectivity index (χ4v) is 4.49. The van der Waals surface area contributed by atoms with Crippen molar-refractivity contribution in [3.63, 3.8) is 0 Å². The molecule has 1 atom stereocenters. The summed E-state index contributed by atoms with van der Waals surface area (Å²) in [6.07, 6.45) is 1.29. The Kier molecular flexibility index (Phi) is 9.25. The summed E-state index contributed by atoms with van der Waals surface area (Å²) in [4.78, 5) is 27.6. The van der Waals surface area contributed by atoms with Crippen LogP contribution in [0.5, 0.6) is 0 Å².